The van der Waals surface area contributed by atoms with Gasteiger partial charge in [0.15, 0.2) is 0 Å². The van der Waals surface area contributed by atoms with E-state index in [0.29, 0.717) is 4.47 Å². The second-order valence-electron chi connectivity index (χ2n) is 3.99. The smallest absolute Gasteiger partial charge is 0.252 e. The van der Waals surface area contributed by atoms with Crippen LogP contribution in [-0.4, -0.2) is 34.9 Å². The summed E-state index contributed by atoms with van der Waals surface area (Å²) in [5.41, 5.74) is -1.01. The first kappa shape index (κ1) is 14.1. The van der Waals surface area contributed by atoms with Gasteiger partial charge in [0, 0.05) is 10.0 Å². The Morgan fingerprint density at radius 2 is 2.00 bits per heavy atom. The van der Waals surface area contributed by atoms with Crippen LogP contribution in [0.2, 0.25) is 0 Å². The van der Waals surface area contributed by atoms with Crippen LogP contribution < -0.4 is 5.32 Å². The first-order valence-electron chi connectivity index (χ1n) is 4.90. The number of carbonyl (C=O) groups excluding carboxylic acids is 1. The Kier molecular flexibility index (Phi) is 4.62. The topological polar surface area (TPSA) is 69.6 Å². The van der Waals surface area contributed by atoms with Crippen molar-refractivity contribution in [1.29, 1.82) is 0 Å². The lowest BCUT2D eigenvalue weighted by molar-refractivity contribution is 0.0723. The number of hydrogen-bond acceptors (Lipinski definition) is 3. The molecule has 0 aromatic heterocycles. The summed E-state index contributed by atoms with van der Waals surface area (Å²) in [5.74, 6) is -1.10. The summed E-state index contributed by atoms with van der Waals surface area (Å²) in [6.07, 6.45) is 0. The molecular formula is C11H13BrFNO3. The van der Waals surface area contributed by atoms with Gasteiger partial charge < -0.3 is 15.5 Å². The molecular weight excluding hydrogens is 293 g/mol. The minimum Gasteiger partial charge on any atom is -0.394 e. The Balaban J connectivity index is 2.90. The highest BCUT2D eigenvalue weighted by molar-refractivity contribution is 9.10. The van der Waals surface area contributed by atoms with Gasteiger partial charge in [-0.3, -0.25) is 4.79 Å². The SMILES string of the molecule is CC(CO)(CO)NC(=O)c1cc(F)cc(Br)c1. The predicted molar refractivity (Wildman–Crippen MR) is 64.1 cm³/mol. The summed E-state index contributed by atoms with van der Waals surface area (Å²) in [4.78, 5) is 11.8. The van der Waals surface area contributed by atoms with Gasteiger partial charge in [-0.25, -0.2) is 4.39 Å². The third-order valence-corrected chi connectivity index (χ3v) is 2.70. The number of rotatable bonds is 4. The summed E-state index contributed by atoms with van der Waals surface area (Å²) in [6, 6.07) is 3.76. The van der Waals surface area contributed by atoms with Gasteiger partial charge >= 0.3 is 0 Å². The normalized spacial score (nSPS) is 11.4. The highest BCUT2D eigenvalue weighted by atomic mass is 79.9. The van der Waals surface area contributed by atoms with E-state index < -0.39 is 30.5 Å². The molecule has 0 spiro atoms. The van der Waals surface area contributed by atoms with Gasteiger partial charge in [0.2, 0.25) is 0 Å². The second-order valence-corrected chi connectivity index (χ2v) is 4.90. The van der Waals surface area contributed by atoms with Crippen LogP contribution in [0.4, 0.5) is 4.39 Å². The van der Waals surface area contributed by atoms with Gasteiger partial charge in [-0.2, -0.15) is 0 Å². The standard InChI is InChI=1S/C11H13BrFNO3/c1-11(5-15,6-16)14-10(17)7-2-8(12)4-9(13)3-7/h2-4,15-16H,5-6H2,1H3,(H,14,17). The molecule has 0 bridgehead atoms. The Morgan fingerprint density at radius 1 is 1.41 bits per heavy atom. The van der Waals surface area contributed by atoms with E-state index in [0.717, 1.165) is 6.07 Å². The van der Waals surface area contributed by atoms with Crippen LogP contribution in [-0.2, 0) is 0 Å². The number of carbonyl (C=O) groups is 1. The molecule has 0 radical (unpaired) electrons. The van der Waals surface area contributed by atoms with Crippen molar-refractivity contribution in [2.24, 2.45) is 0 Å². The maximum Gasteiger partial charge on any atom is 0.252 e. The fourth-order valence-corrected chi connectivity index (χ4v) is 1.63. The molecule has 1 rings (SSSR count). The van der Waals surface area contributed by atoms with Gasteiger partial charge in [0.1, 0.15) is 5.82 Å². The molecule has 6 heteroatoms. The monoisotopic (exact) mass is 305 g/mol. The number of hydrogen-bond donors (Lipinski definition) is 3. The zero-order chi connectivity index (χ0) is 13.1. The zero-order valence-electron chi connectivity index (χ0n) is 9.20. The van der Waals surface area contributed by atoms with Gasteiger partial charge in [-0.1, -0.05) is 15.9 Å². The van der Waals surface area contributed by atoms with Gasteiger partial charge in [0.25, 0.3) is 5.91 Å². The van der Waals surface area contributed by atoms with Crippen molar-refractivity contribution in [3.8, 4) is 0 Å². The fraction of sp³-hybridized carbons (Fsp3) is 0.364. The number of aliphatic hydroxyl groups excluding tert-OH is 2. The van der Waals surface area contributed by atoms with Crippen molar-refractivity contribution in [3.63, 3.8) is 0 Å². The van der Waals surface area contributed by atoms with Crippen molar-refractivity contribution in [3.05, 3.63) is 34.1 Å². The van der Waals surface area contributed by atoms with E-state index in [2.05, 4.69) is 21.2 Å². The van der Waals surface area contributed by atoms with Crippen molar-refractivity contribution >= 4 is 21.8 Å². The van der Waals surface area contributed by atoms with E-state index in [1.807, 2.05) is 0 Å². The molecule has 1 amide bonds. The Hall–Kier alpha value is -0.980. The van der Waals surface area contributed by atoms with Crippen LogP contribution in [0.1, 0.15) is 17.3 Å². The number of amides is 1. The summed E-state index contributed by atoms with van der Waals surface area (Å²) in [5, 5.41) is 20.5. The summed E-state index contributed by atoms with van der Waals surface area (Å²) < 4.78 is 13.5. The maximum absolute atomic E-state index is 13.1. The van der Waals surface area contributed by atoms with E-state index in [-0.39, 0.29) is 5.56 Å². The molecule has 1 aromatic rings. The molecule has 0 saturated heterocycles. The second kappa shape index (κ2) is 5.57. The number of benzene rings is 1. The Labute approximate surface area is 107 Å². The summed E-state index contributed by atoms with van der Waals surface area (Å²) >= 11 is 3.08. The number of aliphatic hydroxyl groups is 2. The summed E-state index contributed by atoms with van der Waals surface area (Å²) in [7, 11) is 0. The van der Waals surface area contributed by atoms with Crippen LogP contribution >= 0.6 is 15.9 Å². The van der Waals surface area contributed by atoms with Crippen LogP contribution in [0, 0.1) is 5.82 Å². The molecule has 17 heavy (non-hydrogen) atoms. The van der Waals surface area contributed by atoms with Crippen molar-refractivity contribution < 1.29 is 19.4 Å². The lowest BCUT2D eigenvalue weighted by Crippen LogP contribution is -2.51. The number of halogens is 2. The Bertz CT molecular complexity index is 401. The summed E-state index contributed by atoms with van der Waals surface area (Å²) in [6.45, 7) is 0.663. The molecule has 0 heterocycles. The van der Waals surface area contributed by atoms with Gasteiger partial charge in [-0.15, -0.1) is 0 Å². The molecule has 0 fully saturated rings. The highest BCUT2D eigenvalue weighted by Gasteiger charge is 2.25. The van der Waals surface area contributed by atoms with Crippen LogP contribution in [0.5, 0.6) is 0 Å². The predicted octanol–water partition coefficient (Wildman–Crippen LogP) is 1.06. The number of nitrogens with one attached hydrogen (secondary N) is 1. The molecule has 1 aromatic carbocycles. The minimum absolute atomic E-state index is 0.116. The molecule has 3 N–H and O–H groups in total. The van der Waals surface area contributed by atoms with E-state index >= 15 is 0 Å². The van der Waals surface area contributed by atoms with E-state index in [1.54, 1.807) is 0 Å². The lowest BCUT2D eigenvalue weighted by Gasteiger charge is -2.26. The van der Waals surface area contributed by atoms with Crippen LogP contribution in [0.3, 0.4) is 0 Å². The average molecular weight is 306 g/mol. The first-order valence-corrected chi connectivity index (χ1v) is 5.70. The average Bonchev–Trinajstić information content (AvgIpc) is 2.27. The van der Waals surface area contributed by atoms with Gasteiger partial charge in [0.05, 0.1) is 18.8 Å². The Morgan fingerprint density at radius 3 is 2.47 bits per heavy atom. The molecule has 0 unspecified atom stereocenters. The third kappa shape index (κ3) is 3.76. The molecule has 0 aliphatic carbocycles. The van der Waals surface area contributed by atoms with Crippen LogP contribution in [0.15, 0.2) is 22.7 Å². The fourth-order valence-electron chi connectivity index (χ4n) is 1.16. The molecule has 0 saturated carbocycles. The quantitative estimate of drug-likeness (QED) is 0.779. The van der Waals surface area contributed by atoms with Gasteiger partial charge in [-0.05, 0) is 25.1 Å². The van der Waals surface area contributed by atoms with E-state index in [1.165, 1.54) is 19.1 Å². The molecule has 0 atom stereocenters. The minimum atomic E-state index is -1.13. The largest absolute Gasteiger partial charge is 0.394 e. The van der Waals surface area contributed by atoms with E-state index in [9.17, 15) is 9.18 Å². The van der Waals surface area contributed by atoms with Crippen molar-refractivity contribution in [1.82, 2.24) is 5.32 Å². The highest BCUT2D eigenvalue weighted by Crippen LogP contribution is 2.15. The molecule has 4 nitrogen and oxygen atoms in total. The van der Waals surface area contributed by atoms with Crippen molar-refractivity contribution in [2.75, 3.05) is 13.2 Å². The molecule has 94 valence electrons. The van der Waals surface area contributed by atoms with Crippen LogP contribution in [0.25, 0.3) is 0 Å². The molecule has 0 aliphatic rings. The third-order valence-electron chi connectivity index (χ3n) is 2.24. The lowest BCUT2D eigenvalue weighted by atomic mass is 10.0. The first-order chi connectivity index (χ1) is 7.90. The zero-order valence-corrected chi connectivity index (χ0v) is 10.8. The molecule has 0 aliphatic heterocycles. The van der Waals surface area contributed by atoms with Crippen molar-refractivity contribution in [2.45, 2.75) is 12.5 Å². The maximum atomic E-state index is 13.1. The van der Waals surface area contributed by atoms with E-state index in [4.69, 9.17) is 10.2 Å².